The molecular weight excluding hydrogens is 293 g/mol. The van der Waals surface area contributed by atoms with Crippen LogP contribution >= 0.6 is 11.3 Å². The molecule has 2 aromatic rings. The number of carbonyl (C=O) groups excluding carboxylic acids is 1. The molecule has 0 aliphatic rings. The molecule has 106 valence electrons. The number of alkyl halides is 3. The number of aromatic nitrogens is 2. The largest absolute Gasteiger partial charge is 0.461 e. The maximum atomic E-state index is 12.6. The molecular formula is C12H9F3N2O2S. The predicted octanol–water partition coefficient (Wildman–Crippen LogP) is 3.40. The lowest BCUT2D eigenvalue weighted by atomic mass is 10.3. The summed E-state index contributed by atoms with van der Waals surface area (Å²) >= 11 is 1.03. The Kier molecular flexibility index (Phi) is 4.03. The summed E-state index contributed by atoms with van der Waals surface area (Å²) < 4.78 is 42.5. The summed E-state index contributed by atoms with van der Waals surface area (Å²) in [6, 6.07) is 3.53. The zero-order valence-electron chi connectivity index (χ0n) is 10.3. The van der Waals surface area contributed by atoms with Crippen molar-refractivity contribution in [1.82, 2.24) is 9.97 Å². The van der Waals surface area contributed by atoms with Gasteiger partial charge in [-0.2, -0.15) is 13.2 Å². The van der Waals surface area contributed by atoms with Crippen LogP contribution in [0.3, 0.4) is 0 Å². The number of thiazole rings is 1. The second kappa shape index (κ2) is 5.58. The van der Waals surface area contributed by atoms with Crippen molar-refractivity contribution >= 4 is 17.3 Å². The third-order valence-electron chi connectivity index (χ3n) is 2.25. The first-order valence-electron chi connectivity index (χ1n) is 5.59. The molecule has 2 rings (SSSR count). The van der Waals surface area contributed by atoms with Gasteiger partial charge in [0.05, 0.1) is 12.3 Å². The van der Waals surface area contributed by atoms with Gasteiger partial charge in [-0.05, 0) is 19.1 Å². The molecule has 0 aromatic carbocycles. The van der Waals surface area contributed by atoms with E-state index in [9.17, 15) is 18.0 Å². The van der Waals surface area contributed by atoms with E-state index in [1.54, 1.807) is 6.92 Å². The zero-order valence-corrected chi connectivity index (χ0v) is 11.1. The van der Waals surface area contributed by atoms with E-state index in [2.05, 4.69) is 9.97 Å². The Morgan fingerprint density at radius 3 is 2.75 bits per heavy atom. The molecule has 2 heterocycles. The molecule has 0 spiro atoms. The minimum Gasteiger partial charge on any atom is -0.461 e. The van der Waals surface area contributed by atoms with E-state index in [1.807, 2.05) is 0 Å². The Hall–Kier alpha value is -1.96. The van der Waals surface area contributed by atoms with Crippen LogP contribution in [0.1, 0.15) is 23.1 Å². The Morgan fingerprint density at radius 1 is 1.35 bits per heavy atom. The molecule has 0 amide bonds. The molecule has 0 bridgehead atoms. The van der Waals surface area contributed by atoms with Gasteiger partial charge in [-0.1, -0.05) is 6.07 Å². The van der Waals surface area contributed by atoms with Crippen LogP contribution in [-0.2, 0) is 10.9 Å². The normalized spacial score (nSPS) is 11.4. The lowest BCUT2D eigenvalue weighted by Crippen LogP contribution is -2.08. The van der Waals surface area contributed by atoms with Crippen LogP contribution in [0.5, 0.6) is 0 Å². The first-order chi connectivity index (χ1) is 9.41. The molecule has 0 aliphatic heterocycles. The number of pyridine rings is 1. The van der Waals surface area contributed by atoms with Crippen LogP contribution in [-0.4, -0.2) is 22.5 Å². The molecule has 0 N–H and O–H groups in total. The lowest BCUT2D eigenvalue weighted by molar-refractivity contribution is -0.141. The number of ether oxygens (including phenoxy) is 1. The summed E-state index contributed by atoms with van der Waals surface area (Å²) in [5.74, 6) is -0.609. The van der Waals surface area contributed by atoms with Gasteiger partial charge in [0.15, 0.2) is 5.69 Å². The number of nitrogens with zero attached hydrogens (tertiary/aromatic N) is 2. The van der Waals surface area contributed by atoms with Gasteiger partial charge in [0.25, 0.3) is 0 Å². The van der Waals surface area contributed by atoms with Crippen molar-refractivity contribution in [3.05, 3.63) is 35.0 Å². The van der Waals surface area contributed by atoms with E-state index in [0.29, 0.717) is 0 Å². The van der Waals surface area contributed by atoms with E-state index < -0.39 is 17.8 Å². The van der Waals surface area contributed by atoms with E-state index in [-0.39, 0.29) is 23.0 Å². The van der Waals surface area contributed by atoms with Crippen LogP contribution in [0.15, 0.2) is 23.6 Å². The minimum atomic E-state index is -4.52. The van der Waals surface area contributed by atoms with E-state index >= 15 is 0 Å². The van der Waals surface area contributed by atoms with Crippen molar-refractivity contribution < 1.29 is 22.7 Å². The smallest absolute Gasteiger partial charge is 0.433 e. The molecule has 2 aromatic heterocycles. The molecule has 0 saturated heterocycles. The molecule has 0 unspecified atom stereocenters. The minimum absolute atomic E-state index is 0.0612. The van der Waals surface area contributed by atoms with Gasteiger partial charge in [0.2, 0.25) is 0 Å². The van der Waals surface area contributed by atoms with Gasteiger partial charge >= 0.3 is 12.1 Å². The number of carbonyl (C=O) groups is 1. The van der Waals surface area contributed by atoms with Gasteiger partial charge in [-0.3, -0.25) is 0 Å². The van der Waals surface area contributed by atoms with Gasteiger partial charge in [-0.25, -0.2) is 14.8 Å². The number of rotatable bonds is 3. The number of hydrogen-bond acceptors (Lipinski definition) is 5. The maximum Gasteiger partial charge on any atom is 0.433 e. The molecule has 4 nitrogen and oxygen atoms in total. The average Bonchev–Trinajstić information content (AvgIpc) is 2.88. The van der Waals surface area contributed by atoms with E-state index in [1.165, 1.54) is 17.5 Å². The van der Waals surface area contributed by atoms with Gasteiger partial charge in [0.1, 0.15) is 10.7 Å². The summed E-state index contributed by atoms with van der Waals surface area (Å²) in [5.41, 5.74) is -0.866. The molecule has 20 heavy (non-hydrogen) atoms. The van der Waals surface area contributed by atoms with Crippen molar-refractivity contribution in [1.29, 1.82) is 0 Å². The molecule has 0 atom stereocenters. The first-order valence-corrected chi connectivity index (χ1v) is 6.47. The SMILES string of the molecule is CCOC(=O)c1csc(-c2cccc(C(F)(F)F)n2)n1. The van der Waals surface area contributed by atoms with Crippen molar-refractivity contribution in [2.24, 2.45) is 0 Å². The van der Waals surface area contributed by atoms with Crippen LogP contribution in [0, 0.1) is 0 Å². The summed E-state index contributed by atoms with van der Waals surface area (Å²) in [4.78, 5) is 18.9. The molecule has 0 radical (unpaired) electrons. The topological polar surface area (TPSA) is 52.1 Å². The predicted molar refractivity (Wildman–Crippen MR) is 66.3 cm³/mol. The number of hydrogen-bond donors (Lipinski definition) is 0. The highest BCUT2D eigenvalue weighted by Crippen LogP contribution is 2.30. The molecule has 8 heteroatoms. The van der Waals surface area contributed by atoms with Crippen LogP contribution < -0.4 is 0 Å². The van der Waals surface area contributed by atoms with Crippen molar-refractivity contribution in [2.75, 3.05) is 6.61 Å². The molecule has 0 aliphatic carbocycles. The monoisotopic (exact) mass is 302 g/mol. The third-order valence-corrected chi connectivity index (χ3v) is 3.11. The first kappa shape index (κ1) is 14.4. The van der Waals surface area contributed by atoms with E-state index in [4.69, 9.17) is 4.74 Å². The van der Waals surface area contributed by atoms with Crippen LogP contribution in [0.25, 0.3) is 10.7 Å². The number of halogens is 3. The lowest BCUT2D eigenvalue weighted by Gasteiger charge is -2.05. The second-order valence-corrected chi connectivity index (χ2v) is 4.52. The third kappa shape index (κ3) is 3.13. The Labute approximate surface area is 116 Å². The van der Waals surface area contributed by atoms with Gasteiger partial charge in [-0.15, -0.1) is 11.3 Å². The van der Waals surface area contributed by atoms with Crippen molar-refractivity contribution in [2.45, 2.75) is 13.1 Å². The van der Waals surface area contributed by atoms with Crippen LogP contribution in [0.4, 0.5) is 13.2 Å². The van der Waals surface area contributed by atoms with E-state index in [0.717, 1.165) is 17.4 Å². The Bertz CT molecular complexity index is 625. The average molecular weight is 302 g/mol. The maximum absolute atomic E-state index is 12.6. The fourth-order valence-corrected chi connectivity index (χ4v) is 2.16. The Balaban J connectivity index is 2.31. The summed E-state index contributed by atoms with van der Waals surface area (Å²) in [6.45, 7) is 1.85. The zero-order chi connectivity index (χ0) is 14.8. The summed E-state index contributed by atoms with van der Waals surface area (Å²) in [6.07, 6.45) is -4.52. The summed E-state index contributed by atoms with van der Waals surface area (Å²) in [5, 5.41) is 1.66. The number of esters is 1. The van der Waals surface area contributed by atoms with Gasteiger partial charge in [0, 0.05) is 5.38 Å². The van der Waals surface area contributed by atoms with Crippen molar-refractivity contribution in [3.63, 3.8) is 0 Å². The summed E-state index contributed by atoms with van der Waals surface area (Å²) in [7, 11) is 0. The van der Waals surface area contributed by atoms with Crippen molar-refractivity contribution in [3.8, 4) is 10.7 Å². The highest BCUT2D eigenvalue weighted by Gasteiger charge is 2.32. The fraction of sp³-hybridized carbons (Fsp3) is 0.250. The Morgan fingerprint density at radius 2 is 2.10 bits per heavy atom. The highest BCUT2D eigenvalue weighted by molar-refractivity contribution is 7.13. The second-order valence-electron chi connectivity index (χ2n) is 3.66. The molecule has 0 saturated carbocycles. The highest BCUT2D eigenvalue weighted by atomic mass is 32.1. The molecule has 0 fully saturated rings. The standard InChI is InChI=1S/C12H9F3N2O2S/c1-2-19-11(18)8-6-20-10(17-8)7-4-3-5-9(16-7)12(13,14)15/h3-6H,2H2,1H3. The van der Waals surface area contributed by atoms with Crippen LogP contribution in [0.2, 0.25) is 0 Å². The quantitative estimate of drug-likeness (QED) is 0.815. The fourth-order valence-electron chi connectivity index (χ4n) is 1.40. The van der Waals surface area contributed by atoms with Gasteiger partial charge < -0.3 is 4.74 Å².